The molecule has 0 unspecified atom stereocenters. The number of amides is 1. The van der Waals surface area contributed by atoms with Crippen molar-refractivity contribution in [1.82, 2.24) is 0 Å². The highest BCUT2D eigenvalue weighted by molar-refractivity contribution is 9.10. The maximum atomic E-state index is 12.6. The maximum absolute atomic E-state index is 12.6. The first-order valence-corrected chi connectivity index (χ1v) is 9.15. The monoisotopic (exact) mass is 413 g/mol. The van der Waals surface area contributed by atoms with Crippen molar-refractivity contribution in [3.63, 3.8) is 0 Å². The van der Waals surface area contributed by atoms with E-state index < -0.39 is 0 Å². The van der Waals surface area contributed by atoms with Crippen molar-refractivity contribution in [3.8, 4) is 0 Å². The fourth-order valence-corrected chi connectivity index (χ4v) is 3.20. The molecule has 0 aliphatic carbocycles. The summed E-state index contributed by atoms with van der Waals surface area (Å²) in [6, 6.07) is 25.6. The van der Waals surface area contributed by atoms with E-state index in [0.717, 1.165) is 15.6 Å². The van der Waals surface area contributed by atoms with E-state index in [1.807, 2.05) is 48.5 Å². The smallest absolute Gasteiger partial charge is 0.225 e. The van der Waals surface area contributed by atoms with Gasteiger partial charge in [0.2, 0.25) is 5.91 Å². The summed E-state index contributed by atoms with van der Waals surface area (Å²) in [6.07, 6.45) is 0.363. The van der Waals surface area contributed by atoms with Crippen LogP contribution in [0.3, 0.4) is 0 Å². The molecule has 1 amide bonds. The molecule has 0 spiro atoms. The van der Waals surface area contributed by atoms with E-state index in [0.29, 0.717) is 17.1 Å². The van der Waals surface area contributed by atoms with Crippen molar-refractivity contribution in [2.45, 2.75) is 12.3 Å². The Labute approximate surface area is 161 Å². The molecule has 1 N–H and O–H groups in total. The number of hydrogen-bond donors (Lipinski definition) is 1. The Kier molecular flexibility index (Phi) is 5.90. The van der Waals surface area contributed by atoms with Crippen LogP contribution in [0, 0.1) is 0 Å². The SMILES string of the molecule is O=C(CC(c1ccccc1)c1ccccc1)Nc1ccc(Br)c(Cl)c1. The molecule has 0 atom stereocenters. The third-order valence-electron chi connectivity index (χ3n) is 4.00. The standard InChI is InChI=1S/C21H17BrClNO/c22-19-12-11-17(13-20(19)23)24-21(25)14-18(15-7-3-1-4-8-15)16-9-5-2-6-10-16/h1-13,18H,14H2,(H,24,25). The molecule has 2 nitrogen and oxygen atoms in total. The first kappa shape index (κ1) is 17.7. The van der Waals surface area contributed by atoms with Gasteiger partial charge in [0.15, 0.2) is 0 Å². The van der Waals surface area contributed by atoms with Crippen LogP contribution < -0.4 is 5.32 Å². The molecule has 3 aromatic rings. The number of carbonyl (C=O) groups excluding carboxylic acids is 1. The number of hydrogen-bond acceptors (Lipinski definition) is 1. The van der Waals surface area contributed by atoms with Crippen molar-refractivity contribution in [3.05, 3.63) is 99.5 Å². The van der Waals surface area contributed by atoms with Crippen LogP contribution in [0.5, 0.6) is 0 Å². The second-order valence-corrected chi connectivity index (χ2v) is 7.02. The summed E-state index contributed by atoms with van der Waals surface area (Å²) in [5, 5.41) is 3.51. The van der Waals surface area contributed by atoms with Crippen molar-refractivity contribution >= 4 is 39.1 Å². The lowest BCUT2D eigenvalue weighted by Crippen LogP contribution is -2.16. The summed E-state index contributed by atoms with van der Waals surface area (Å²) in [5.41, 5.74) is 2.94. The zero-order valence-corrected chi connectivity index (χ0v) is 15.8. The molecule has 0 radical (unpaired) electrons. The van der Waals surface area contributed by atoms with Crippen LogP contribution in [-0.2, 0) is 4.79 Å². The molecule has 3 rings (SSSR count). The van der Waals surface area contributed by atoms with Crippen molar-refractivity contribution < 1.29 is 4.79 Å². The molecule has 0 heterocycles. The lowest BCUT2D eigenvalue weighted by molar-refractivity contribution is -0.116. The normalized spacial score (nSPS) is 10.7. The summed E-state index contributed by atoms with van der Waals surface area (Å²) < 4.78 is 0.804. The fraction of sp³-hybridized carbons (Fsp3) is 0.0952. The van der Waals surface area contributed by atoms with Crippen LogP contribution in [0.2, 0.25) is 5.02 Å². The second kappa shape index (κ2) is 8.32. The number of halogens is 2. The number of benzene rings is 3. The molecular weight excluding hydrogens is 398 g/mol. The Morgan fingerprint density at radius 1 is 0.920 bits per heavy atom. The molecule has 25 heavy (non-hydrogen) atoms. The largest absolute Gasteiger partial charge is 0.326 e. The van der Waals surface area contributed by atoms with Crippen LogP contribution >= 0.6 is 27.5 Å². The molecule has 0 fully saturated rings. The lowest BCUT2D eigenvalue weighted by Gasteiger charge is -2.18. The van der Waals surface area contributed by atoms with Gasteiger partial charge < -0.3 is 5.32 Å². The Morgan fingerprint density at radius 2 is 1.48 bits per heavy atom. The first-order chi connectivity index (χ1) is 12.1. The molecule has 0 saturated carbocycles. The third kappa shape index (κ3) is 4.71. The summed E-state index contributed by atoms with van der Waals surface area (Å²) in [5.74, 6) is -0.0376. The van der Waals surface area contributed by atoms with Crippen molar-refractivity contribution in [2.24, 2.45) is 0 Å². The third-order valence-corrected chi connectivity index (χ3v) is 5.23. The summed E-state index contributed by atoms with van der Waals surface area (Å²) in [6.45, 7) is 0. The first-order valence-electron chi connectivity index (χ1n) is 7.98. The van der Waals surface area contributed by atoms with E-state index in [1.54, 1.807) is 6.07 Å². The second-order valence-electron chi connectivity index (χ2n) is 5.76. The zero-order valence-electron chi connectivity index (χ0n) is 13.5. The summed E-state index contributed by atoms with van der Waals surface area (Å²) in [7, 11) is 0. The van der Waals surface area contributed by atoms with Crippen LogP contribution in [0.15, 0.2) is 83.3 Å². The van der Waals surface area contributed by atoms with Gasteiger partial charge in [-0.1, -0.05) is 72.3 Å². The van der Waals surface area contributed by atoms with E-state index in [4.69, 9.17) is 11.6 Å². The van der Waals surface area contributed by atoms with Crippen LogP contribution in [0.1, 0.15) is 23.5 Å². The summed E-state index contributed by atoms with van der Waals surface area (Å²) in [4.78, 5) is 12.6. The topological polar surface area (TPSA) is 29.1 Å². The maximum Gasteiger partial charge on any atom is 0.225 e. The molecular formula is C21H17BrClNO. The van der Waals surface area contributed by atoms with Crippen LogP contribution in [0.25, 0.3) is 0 Å². The highest BCUT2D eigenvalue weighted by atomic mass is 79.9. The van der Waals surface area contributed by atoms with Crippen molar-refractivity contribution in [2.75, 3.05) is 5.32 Å². The number of rotatable bonds is 5. The average Bonchev–Trinajstić information content (AvgIpc) is 2.64. The predicted molar refractivity (Wildman–Crippen MR) is 107 cm³/mol. The number of nitrogens with one attached hydrogen (secondary N) is 1. The molecule has 0 bridgehead atoms. The Balaban J connectivity index is 1.80. The molecule has 3 aromatic carbocycles. The molecule has 0 aliphatic heterocycles. The molecule has 126 valence electrons. The predicted octanol–water partition coefficient (Wildman–Crippen LogP) is 6.26. The van der Waals surface area contributed by atoms with E-state index in [9.17, 15) is 4.79 Å². The minimum Gasteiger partial charge on any atom is -0.326 e. The van der Waals surface area contributed by atoms with Gasteiger partial charge in [-0.3, -0.25) is 4.79 Å². The highest BCUT2D eigenvalue weighted by Crippen LogP contribution is 2.29. The quantitative estimate of drug-likeness (QED) is 0.524. The van der Waals surface area contributed by atoms with E-state index in [1.165, 1.54) is 0 Å². The van der Waals surface area contributed by atoms with Gasteiger partial charge in [-0.05, 0) is 45.3 Å². The molecule has 4 heteroatoms. The Hall–Kier alpha value is -2.10. The van der Waals surface area contributed by atoms with Gasteiger partial charge in [-0.2, -0.15) is 0 Å². The fourth-order valence-electron chi connectivity index (χ4n) is 2.77. The highest BCUT2D eigenvalue weighted by Gasteiger charge is 2.18. The zero-order chi connectivity index (χ0) is 17.6. The van der Waals surface area contributed by atoms with E-state index >= 15 is 0 Å². The molecule has 0 aromatic heterocycles. The minimum atomic E-state index is -0.0453. The van der Waals surface area contributed by atoms with E-state index in [-0.39, 0.29) is 11.8 Å². The van der Waals surface area contributed by atoms with Gasteiger partial charge in [0.25, 0.3) is 0 Å². The average molecular weight is 415 g/mol. The van der Waals surface area contributed by atoms with Gasteiger partial charge in [0, 0.05) is 22.5 Å². The molecule has 0 saturated heterocycles. The van der Waals surface area contributed by atoms with Crippen LogP contribution in [0.4, 0.5) is 5.69 Å². The molecule has 0 aliphatic rings. The van der Waals surface area contributed by atoms with Crippen LogP contribution in [-0.4, -0.2) is 5.91 Å². The van der Waals surface area contributed by atoms with Gasteiger partial charge in [0.1, 0.15) is 0 Å². The Morgan fingerprint density at radius 3 is 2.00 bits per heavy atom. The lowest BCUT2D eigenvalue weighted by atomic mass is 9.88. The van der Waals surface area contributed by atoms with Gasteiger partial charge in [-0.25, -0.2) is 0 Å². The Bertz CT molecular complexity index is 813. The van der Waals surface area contributed by atoms with Gasteiger partial charge in [-0.15, -0.1) is 0 Å². The summed E-state index contributed by atoms with van der Waals surface area (Å²) >= 11 is 9.45. The van der Waals surface area contributed by atoms with E-state index in [2.05, 4.69) is 45.5 Å². The van der Waals surface area contributed by atoms with Gasteiger partial charge >= 0.3 is 0 Å². The number of anilines is 1. The van der Waals surface area contributed by atoms with Gasteiger partial charge in [0.05, 0.1) is 5.02 Å². The minimum absolute atomic E-state index is 0.00770. The van der Waals surface area contributed by atoms with Crippen molar-refractivity contribution in [1.29, 1.82) is 0 Å². The number of carbonyl (C=O) groups is 1.